The molecule has 0 rings (SSSR count). The molecule has 0 heterocycles. The third-order valence-electron chi connectivity index (χ3n) is 4.83. The Morgan fingerprint density at radius 2 is 0.775 bits per heavy atom. The van der Waals surface area contributed by atoms with Crippen LogP contribution in [0, 0.1) is 0 Å². The average molecular weight is 571 g/mol. The molecular formula is C26H38N2O12-2. The molecule has 0 spiro atoms. The number of hydrogen-bond acceptors (Lipinski definition) is 12. The second-order valence-corrected chi connectivity index (χ2v) is 8.79. The summed E-state index contributed by atoms with van der Waals surface area (Å²) in [5.74, 6) is -5.28. The number of nitrogens with zero attached hydrogens (tertiary/aromatic N) is 2. The van der Waals surface area contributed by atoms with Crippen molar-refractivity contribution >= 4 is 35.8 Å². The van der Waals surface area contributed by atoms with E-state index < -0.39 is 73.4 Å². The van der Waals surface area contributed by atoms with Crippen molar-refractivity contribution in [2.45, 2.75) is 79.8 Å². The fraction of sp³-hybridized carbons (Fsp3) is 0.615. The van der Waals surface area contributed by atoms with Gasteiger partial charge in [-0.2, -0.15) is 0 Å². The zero-order valence-corrected chi connectivity index (χ0v) is 24.5. The van der Waals surface area contributed by atoms with E-state index in [0.717, 1.165) is 27.7 Å². The molecule has 4 atom stereocenters. The minimum absolute atomic E-state index is 0.00302. The fourth-order valence-electron chi connectivity index (χ4n) is 3.40. The first kappa shape index (κ1) is 35.9. The van der Waals surface area contributed by atoms with Crippen LogP contribution < -0.4 is 0 Å². The first-order valence-electron chi connectivity index (χ1n) is 12.1. The van der Waals surface area contributed by atoms with E-state index in [4.69, 9.17) is 28.4 Å². The van der Waals surface area contributed by atoms with Gasteiger partial charge in [0.25, 0.3) is 0 Å². The van der Waals surface area contributed by atoms with Crippen LogP contribution >= 0.6 is 0 Å². The smallest absolute Gasteiger partial charge is 0.315 e. The van der Waals surface area contributed by atoms with Gasteiger partial charge in [0, 0.05) is 27.7 Å². The summed E-state index contributed by atoms with van der Waals surface area (Å²) in [5.41, 5.74) is 1.08. The monoisotopic (exact) mass is 570 g/mol. The lowest BCUT2D eigenvalue weighted by atomic mass is 10.0. The van der Waals surface area contributed by atoms with Gasteiger partial charge in [0.15, 0.2) is 24.4 Å². The summed E-state index contributed by atoms with van der Waals surface area (Å²) < 4.78 is 31.7. The Morgan fingerprint density at radius 3 is 0.975 bits per heavy atom. The molecule has 0 radical (unpaired) electrons. The van der Waals surface area contributed by atoms with E-state index in [-0.39, 0.29) is 11.4 Å². The highest BCUT2D eigenvalue weighted by molar-refractivity contribution is 5.92. The molecule has 0 fully saturated rings. The molecule has 226 valence electrons. The molecule has 0 aromatic rings. The predicted molar refractivity (Wildman–Crippen MR) is 139 cm³/mol. The third kappa shape index (κ3) is 12.6. The van der Waals surface area contributed by atoms with E-state index in [9.17, 15) is 28.8 Å². The lowest BCUT2D eigenvalue weighted by Gasteiger charge is -2.35. The van der Waals surface area contributed by atoms with E-state index in [1.807, 2.05) is 0 Å². The zero-order chi connectivity index (χ0) is 31.2. The lowest BCUT2D eigenvalue weighted by molar-refractivity contribution is -0.206. The van der Waals surface area contributed by atoms with Crippen molar-refractivity contribution < 1.29 is 57.2 Å². The summed E-state index contributed by atoms with van der Waals surface area (Å²) in [4.78, 5) is 73.2. The fourth-order valence-corrected chi connectivity index (χ4v) is 3.40. The van der Waals surface area contributed by atoms with E-state index >= 15 is 0 Å². The van der Waals surface area contributed by atoms with Gasteiger partial charge in [0.2, 0.25) is 0 Å². The van der Waals surface area contributed by atoms with Crippen LogP contribution in [0.5, 0.6) is 0 Å². The van der Waals surface area contributed by atoms with E-state index in [1.54, 1.807) is 27.7 Å². The Labute approximate surface area is 233 Å². The first-order valence-corrected chi connectivity index (χ1v) is 12.1. The summed E-state index contributed by atoms with van der Waals surface area (Å²) in [6, 6.07) is 0. The van der Waals surface area contributed by atoms with E-state index in [2.05, 4.69) is 10.6 Å². The first-order chi connectivity index (χ1) is 18.5. The highest BCUT2D eigenvalue weighted by Gasteiger charge is 2.44. The van der Waals surface area contributed by atoms with Crippen molar-refractivity contribution in [1.29, 1.82) is 0 Å². The van der Waals surface area contributed by atoms with Gasteiger partial charge >= 0.3 is 35.8 Å². The van der Waals surface area contributed by atoms with E-state index in [0.29, 0.717) is 11.1 Å². The Bertz CT molecular complexity index is 929. The number of carbonyl (C=O) groups excluding carboxylic acids is 6. The maximum absolute atomic E-state index is 12.6. The van der Waals surface area contributed by atoms with Crippen LogP contribution in [0.3, 0.4) is 0 Å². The van der Waals surface area contributed by atoms with Crippen molar-refractivity contribution in [1.82, 2.24) is 0 Å². The molecule has 0 aromatic carbocycles. The summed E-state index contributed by atoms with van der Waals surface area (Å²) in [6.45, 7) is 9.30. The molecule has 0 aliphatic heterocycles. The molecule has 0 amide bonds. The summed E-state index contributed by atoms with van der Waals surface area (Å²) in [7, 11) is 2.76. The number of rotatable bonds is 15. The van der Waals surface area contributed by atoms with Crippen molar-refractivity contribution in [3.8, 4) is 0 Å². The number of carbonyl (C=O) groups is 6. The highest BCUT2D eigenvalue weighted by Crippen LogP contribution is 2.22. The van der Waals surface area contributed by atoms with Crippen LogP contribution in [0.1, 0.15) is 55.4 Å². The molecule has 0 aliphatic carbocycles. The van der Waals surface area contributed by atoms with Crippen molar-refractivity contribution in [3.05, 3.63) is 33.2 Å². The Hall–Kier alpha value is -4.10. The molecule has 0 bridgehead atoms. The highest BCUT2D eigenvalue weighted by atomic mass is 16.6. The average Bonchev–Trinajstić information content (AvgIpc) is 2.81. The largest absolute Gasteiger partial charge is 0.681 e. The molecule has 0 N–H and O–H groups in total. The summed E-state index contributed by atoms with van der Waals surface area (Å²) >= 11 is 0. The molecule has 0 saturated heterocycles. The van der Waals surface area contributed by atoms with Crippen molar-refractivity contribution in [2.75, 3.05) is 27.3 Å². The molecule has 14 nitrogen and oxygen atoms in total. The minimum Gasteiger partial charge on any atom is -0.681 e. The van der Waals surface area contributed by atoms with Gasteiger partial charge in [-0.3, -0.25) is 19.2 Å². The molecule has 0 aliphatic rings. The minimum atomic E-state index is -1.69. The molecule has 4 unspecified atom stereocenters. The topological polar surface area (TPSA) is 186 Å². The molecule has 0 saturated carbocycles. The summed E-state index contributed by atoms with van der Waals surface area (Å²) in [5, 5.41) is 7.71. The van der Waals surface area contributed by atoms with E-state index in [1.165, 1.54) is 14.1 Å². The summed E-state index contributed by atoms with van der Waals surface area (Å²) in [6.07, 6.45) is -6.49. The van der Waals surface area contributed by atoms with Gasteiger partial charge in [0.05, 0.1) is 0 Å². The number of hydrogen-bond donors (Lipinski definition) is 0. The zero-order valence-electron chi connectivity index (χ0n) is 24.5. The second-order valence-electron chi connectivity index (χ2n) is 8.79. The van der Waals surface area contributed by atoms with Gasteiger partial charge in [-0.15, -0.1) is 14.1 Å². The van der Waals surface area contributed by atoms with Crippen LogP contribution in [0.2, 0.25) is 0 Å². The van der Waals surface area contributed by atoms with Crippen molar-refractivity contribution in [2.24, 2.45) is 0 Å². The number of ether oxygens (including phenoxy) is 6. The van der Waals surface area contributed by atoms with Crippen LogP contribution in [0.4, 0.5) is 0 Å². The number of likely N-dealkylation sites (N-methyl/N-ethyl adjacent to an activating group) is 2. The maximum atomic E-state index is 12.6. The predicted octanol–water partition coefficient (Wildman–Crippen LogP) is 2.39. The Balaban J connectivity index is 6.60. The second kappa shape index (κ2) is 17.5. The quantitative estimate of drug-likeness (QED) is 0.159. The SMILES string of the molecule is C[N-]C(C(=O)OCC(OC(C)=O)C(OC(C)=O)C(OC(C)=O)C(COC(=O)C([N-]C)=C(C)C)OC(C)=O)=C(C)C. The Morgan fingerprint density at radius 1 is 0.500 bits per heavy atom. The van der Waals surface area contributed by atoms with Crippen LogP contribution in [0.25, 0.3) is 10.6 Å². The molecule has 0 aromatic heterocycles. The maximum Gasteiger partial charge on any atom is 0.315 e. The van der Waals surface area contributed by atoms with Gasteiger partial charge in [-0.1, -0.05) is 22.5 Å². The third-order valence-corrected chi connectivity index (χ3v) is 4.83. The van der Waals surface area contributed by atoms with Crippen molar-refractivity contribution in [3.63, 3.8) is 0 Å². The molecule has 40 heavy (non-hydrogen) atoms. The number of allylic oxidation sites excluding steroid dienone is 2. The lowest BCUT2D eigenvalue weighted by Crippen LogP contribution is -2.54. The van der Waals surface area contributed by atoms with Gasteiger partial charge in [-0.25, -0.2) is 9.59 Å². The van der Waals surface area contributed by atoms with Gasteiger partial charge < -0.3 is 39.1 Å². The standard InChI is InChI=1S/C26H38N2O12/c1-13(2)21(27-9)25(33)35-11-19(37-15(5)29)23(39-17(7)31)24(40-18(8)32)20(38-16(6)30)12-36-26(34)22(28-10)14(3)4/h19-20,23-24H,11-12H2,1-10H3/q-2. The van der Waals surface area contributed by atoms with Crippen LogP contribution in [0.15, 0.2) is 22.5 Å². The number of esters is 6. The molecular weight excluding hydrogens is 532 g/mol. The normalized spacial score (nSPS) is 13.2. The van der Waals surface area contributed by atoms with Gasteiger partial charge in [0.1, 0.15) is 13.2 Å². The van der Waals surface area contributed by atoms with Crippen LogP contribution in [-0.2, 0) is 57.2 Å². The van der Waals surface area contributed by atoms with Gasteiger partial charge in [-0.05, 0) is 27.7 Å². The molecule has 14 heteroatoms. The van der Waals surface area contributed by atoms with Crippen LogP contribution in [-0.4, -0.2) is 87.5 Å². The Kier molecular flexibility index (Phi) is 15.7.